The van der Waals surface area contributed by atoms with Crippen LogP contribution in [0.2, 0.25) is 0 Å². The molecule has 1 rings (SSSR count). The van der Waals surface area contributed by atoms with Crippen LogP contribution >= 0.6 is 0 Å². The fraction of sp³-hybridized carbons (Fsp3) is 0.600. The van der Waals surface area contributed by atoms with Crippen molar-refractivity contribution >= 4 is 5.82 Å². The van der Waals surface area contributed by atoms with Crippen LogP contribution in [0.1, 0.15) is 31.9 Å². The highest BCUT2D eigenvalue weighted by molar-refractivity contribution is 5.28. The molecule has 0 amide bonds. The van der Waals surface area contributed by atoms with Crippen molar-refractivity contribution in [3.05, 3.63) is 18.1 Å². The highest BCUT2D eigenvalue weighted by Crippen LogP contribution is 2.01. The quantitative estimate of drug-likeness (QED) is 0.405. The fourth-order valence-corrected chi connectivity index (χ4v) is 1.13. The molecule has 0 spiro atoms. The Kier molecular flexibility index (Phi) is 5.65. The van der Waals surface area contributed by atoms with Gasteiger partial charge in [-0.1, -0.05) is 19.8 Å². The summed E-state index contributed by atoms with van der Waals surface area (Å²) in [4.78, 5) is 8.17. The zero-order valence-electron chi connectivity index (χ0n) is 9.07. The van der Waals surface area contributed by atoms with Gasteiger partial charge in [-0.05, 0) is 6.42 Å². The number of nitrogens with two attached hydrogens (primary N) is 1. The molecule has 15 heavy (non-hydrogen) atoms. The Labute approximate surface area is 90.0 Å². The molecular weight excluding hydrogens is 192 g/mol. The molecule has 0 aliphatic carbocycles. The number of nitrogens with one attached hydrogen (secondary N) is 1. The molecule has 84 valence electrons. The molecule has 5 heteroatoms. The number of nitrogen functional groups attached to an aromatic ring is 1. The second-order valence-corrected chi connectivity index (χ2v) is 3.30. The third-order valence-electron chi connectivity index (χ3n) is 2.00. The summed E-state index contributed by atoms with van der Waals surface area (Å²) in [6.07, 6.45) is 6.77. The lowest BCUT2D eigenvalue weighted by molar-refractivity contribution is 0.114. The second kappa shape index (κ2) is 7.14. The van der Waals surface area contributed by atoms with Crippen LogP contribution in [0.3, 0.4) is 0 Å². The van der Waals surface area contributed by atoms with Crippen molar-refractivity contribution in [3.63, 3.8) is 0 Å². The lowest BCUT2D eigenvalue weighted by Gasteiger charge is -2.03. The second-order valence-electron chi connectivity index (χ2n) is 3.30. The summed E-state index contributed by atoms with van der Waals surface area (Å²) >= 11 is 0. The van der Waals surface area contributed by atoms with Crippen molar-refractivity contribution in [2.45, 2.75) is 32.8 Å². The summed E-state index contributed by atoms with van der Waals surface area (Å²) in [5.74, 6) is 5.73. The minimum absolute atomic E-state index is 0.515. The summed E-state index contributed by atoms with van der Waals surface area (Å²) in [6.45, 7) is 3.47. The van der Waals surface area contributed by atoms with Gasteiger partial charge < -0.3 is 10.2 Å². The number of hydrazine groups is 1. The Balaban J connectivity index is 2.20. The first-order valence-corrected chi connectivity index (χ1v) is 5.22. The minimum Gasteiger partial charge on any atom is -0.375 e. The minimum atomic E-state index is 0.515. The molecule has 5 nitrogen and oxygen atoms in total. The Bertz CT molecular complexity index is 263. The molecule has 0 saturated heterocycles. The summed E-state index contributed by atoms with van der Waals surface area (Å²) in [6, 6.07) is 0. The average molecular weight is 210 g/mol. The Hall–Kier alpha value is -1.20. The number of unbranched alkanes of at least 4 members (excludes halogenated alkanes) is 2. The van der Waals surface area contributed by atoms with E-state index in [9.17, 15) is 0 Å². The molecule has 0 aromatic carbocycles. The van der Waals surface area contributed by atoms with Crippen molar-refractivity contribution in [1.29, 1.82) is 0 Å². The van der Waals surface area contributed by atoms with Crippen LogP contribution in [-0.4, -0.2) is 16.6 Å². The number of hydrogen-bond acceptors (Lipinski definition) is 5. The van der Waals surface area contributed by atoms with E-state index in [-0.39, 0.29) is 0 Å². The summed E-state index contributed by atoms with van der Waals surface area (Å²) in [7, 11) is 0. The molecule has 0 aliphatic rings. The SMILES string of the molecule is CCCCCOCc1cnc(NN)cn1. The number of nitrogens with zero attached hydrogens (tertiary/aromatic N) is 2. The molecule has 1 aromatic heterocycles. The van der Waals surface area contributed by atoms with Gasteiger partial charge >= 0.3 is 0 Å². The van der Waals surface area contributed by atoms with Gasteiger partial charge in [0.1, 0.15) is 0 Å². The summed E-state index contributed by atoms with van der Waals surface area (Å²) in [5, 5.41) is 0. The van der Waals surface area contributed by atoms with Crippen LogP contribution in [0.5, 0.6) is 0 Å². The van der Waals surface area contributed by atoms with Crippen molar-refractivity contribution in [2.24, 2.45) is 5.84 Å². The van der Waals surface area contributed by atoms with Gasteiger partial charge in [0.05, 0.1) is 24.7 Å². The monoisotopic (exact) mass is 210 g/mol. The van der Waals surface area contributed by atoms with Gasteiger partial charge in [-0.3, -0.25) is 4.98 Å². The molecule has 0 radical (unpaired) electrons. The van der Waals surface area contributed by atoms with E-state index in [2.05, 4.69) is 22.3 Å². The van der Waals surface area contributed by atoms with Crippen LogP contribution < -0.4 is 11.3 Å². The maximum Gasteiger partial charge on any atom is 0.158 e. The predicted octanol–water partition coefficient (Wildman–Crippen LogP) is 1.47. The molecule has 0 fully saturated rings. The first-order valence-electron chi connectivity index (χ1n) is 5.22. The Morgan fingerprint density at radius 3 is 2.80 bits per heavy atom. The smallest absolute Gasteiger partial charge is 0.158 e. The highest BCUT2D eigenvalue weighted by Gasteiger charge is 1.96. The molecule has 0 atom stereocenters. The topological polar surface area (TPSA) is 73.1 Å². The lowest BCUT2D eigenvalue weighted by Crippen LogP contribution is -2.09. The number of rotatable bonds is 7. The van der Waals surface area contributed by atoms with Gasteiger partial charge in [-0.15, -0.1) is 0 Å². The van der Waals surface area contributed by atoms with Gasteiger partial charge in [0.25, 0.3) is 0 Å². The Morgan fingerprint density at radius 1 is 1.33 bits per heavy atom. The maximum absolute atomic E-state index is 5.44. The third kappa shape index (κ3) is 4.71. The number of aromatic nitrogens is 2. The van der Waals surface area contributed by atoms with Crippen molar-refractivity contribution < 1.29 is 4.74 Å². The Morgan fingerprint density at radius 2 is 2.20 bits per heavy atom. The maximum atomic E-state index is 5.44. The average Bonchev–Trinajstić information content (AvgIpc) is 2.30. The van der Waals surface area contributed by atoms with E-state index < -0.39 is 0 Å². The highest BCUT2D eigenvalue weighted by atomic mass is 16.5. The standard InChI is InChI=1S/C10H18N4O/c1-2-3-4-5-15-8-9-6-13-10(14-11)7-12-9/h6-7H,2-5,8,11H2,1H3,(H,13,14). The van der Waals surface area contributed by atoms with Crippen LogP contribution in [0.4, 0.5) is 5.82 Å². The molecule has 1 heterocycles. The van der Waals surface area contributed by atoms with Crippen LogP contribution in [0.15, 0.2) is 12.4 Å². The predicted molar refractivity (Wildman–Crippen MR) is 59.0 cm³/mol. The number of ether oxygens (including phenoxy) is 1. The first kappa shape index (κ1) is 11.9. The van der Waals surface area contributed by atoms with Crippen LogP contribution in [0, 0.1) is 0 Å². The number of hydrogen-bond donors (Lipinski definition) is 2. The van der Waals surface area contributed by atoms with E-state index in [0.29, 0.717) is 12.4 Å². The lowest BCUT2D eigenvalue weighted by atomic mass is 10.3. The normalized spacial score (nSPS) is 10.3. The van der Waals surface area contributed by atoms with E-state index in [1.165, 1.54) is 12.8 Å². The molecular formula is C10H18N4O. The molecule has 3 N–H and O–H groups in total. The van der Waals surface area contributed by atoms with Crippen LogP contribution in [0.25, 0.3) is 0 Å². The van der Waals surface area contributed by atoms with Gasteiger partial charge in [-0.25, -0.2) is 10.8 Å². The first-order chi connectivity index (χ1) is 7.36. The van der Waals surface area contributed by atoms with Gasteiger partial charge in [0.2, 0.25) is 0 Å². The molecule has 0 aliphatic heterocycles. The van der Waals surface area contributed by atoms with E-state index in [1.807, 2.05) is 0 Å². The van der Waals surface area contributed by atoms with E-state index >= 15 is 0 Å². The molecule has 0 bridgehead atoms. The van der Waals surface area contributed by atoms with E-state index in [1.54, 1.807) is 12.4 Å². The molecule has 0 saturated carbocycles. The van der Waals surface area contributed by atoms with Gasteiger partial charge in [-0.2, -0.15) is 0 Å². The third-order valence-corrected chi connectivity index (χ3v) is 2.00. The summed E-state index contributed by atoms with van der Waals surface area (Å²) < 4.78 is 5.44. The van der Waals surface area contributed by atoms with Gasteiger partial charge in [0, 0.05) is 6.61 Å². The summed E-state index contributed by atoms with van der Waals surface area (Å²) in [5.41, 5.74) is 3.25. The fourth-order valence-electron chi connectivity index (χ4n) is 1.13. The van der Waals surface area contributed by atoms with E-state index in [0.717, 1.165) is 18.7 Å². The van der Waals surface area contributed by atoms with Crippen molar-refractivity contribution in [1.82, 2.24) is 9.97 Å². The largest absolute Gasteiger partial charge is 0.375 e. The van der Waals surface area contributed by atoms with Gasteiger partial charge in [0.15, 0.2) is 5.82 Å². The van der Waals surface area contributed by atoms with Crippen molar-refractivity contribution in [2.75, 3.05) is 12.0 Å². The zero-order chi connectivity index (χ0) is 10.9. The van der Waals surface area contributed by atoms with Crippen LogP contribution in [-0.2, 0) is 11.3 Å². The number of anilines is 1. The molecule has 0 unspecified atom stereocenters. The zero-order valence-corrected chi connectivity index (χ0v) is 9.07. The molecule has 1 aromatic rings. The van der Waals surface area contributed by atoms with E-state index in [4.69, 9.17) is 10.6 Å². The van der Waals surface area contributed by atoms with Crippen molar-refractivity contribution in [3.8, 4) is 0 Å².